The Morgan fingerprint density at radius 3 is 2.67 bits per heavy atom. The molecule has 2 aliphatic rings. The summed E-state index contributed by atoms with van der Waals surface area (Å²) in [7, 11) is 0. The Hall–Kier alpha value is -0.180. The number of thioether (sulfide) groups is 1. The third-order valence-electron chi connectivity index (χ3n) is 3.97. The van der Waals surface area contributed by atoms with Gasteiger partial charge in [0.05, 0.1) is 0 Å². The van der Waals surface area contributed by atoms with Crippen LogP contribution < -0.4 is 0 Å². The van der Waals surface area contributed by atoms with Crippen LogP contribution >= 0.6 is 11.8 Å². The molecule has 2 bridgehead atoms. The molecule has 0 amide bonds. The van der Waals surface area contributed by atoms with Crippen molar-refractivity contribution in [1.29, 1.82) is 0 Å². The van der Waals surface area contributed by atoms with Gasteiger partial charge in [0.1, 0.15) is 5.60 Å². The van der Waals surface area contributed by atoms with Gasteiger partial charge in [-0.3, -0.25) is 4.79 Å². The van der Waals surface area contributed by atoms with E-state index in [9.17, 15) is 4.79 Å². The molecule has 4 unspecified atom stereocenters. The van der Waals surface area contributed by atoms with Crippen LogP contribution in [0.15, 0.2) is 0 Å². The van der Waals surface area contributed by atoms with Crippen molar-refractivity contribution in [1.82, 2.24) is 0 Å². The van der Waals surface area contributed by atoms with E-state index in [0.717, 1.165) is 16.9 Å². The summed E-state index contributed by atoms with van der Waals surface area (Å²) in [5, 5.41) is 1.57. The fourth-order valence-corrected chi connectivity index (χ4v) is 4.96. The SMILES string of the molecule is CCC(C)(OC(C)=O)C1CC2CCC1S2. The molecule has 0 aromatic heterocycles. The average Bonchev–Trinajstić information content (AvgIpc) is 2.77. The van der Waals surface area contributed by atoms with Crippen molar-refractivity contribution in [2.75, 3.05) is 0 Å². The van der Waals surface area contributed by atoms with Crippen LogP contribution in [0.3, 0.4) is 0 Å². The third kappa shape index (κ3) is 2.03. The average molecular weight is 228 g/mol. The van der Waals surface area contributed by atoms with E-state index in [2.05, 4.69) is 25.6 Å². The summed E-state index contributed by atoms with van der Waals surface area (Å²) in [4.78, 5) is 11.2. The fourth-order valence-electron chi connectivity index (χ4n) is 3.02. The van der Waals surface area contributed by atoms with Crippen molar-refractivity contribution >= 4 is 17.7 Å². The Bertz CT molecular complexity index is 266. The van der Waals surface area contributed by atoms with Gasteiger partial charge < -0.3 is 4.74 Å². The summed E-state index contributed by atoms with van der Waals surface area (Å²) < 4.78 is 5.57. The predicted molar refractivity (Wildman–Crippen MR) is 63.0 cm³/mol. The van der Waals surface area contributed by atoms with Gasteiger partial charge >= 0.3 is 5.97 Å². The molecule has 2 aliphatic heterocycles. The molecule has 2 saturated heterocycles. The van der Waals surface area contributed by atoms with Crippen LogP contribution in [-0.4, -0.2) is 22.1 Å². The first-order chi connectivity index (χ1) is 7.05. The van der Waals surface area contributed by atoms with Crippen molar-refractivity contribution in [2.24, 2.45) is 5.92 Å². The second-order valence-corrected chi connectivity index (χ2v) is 6.52. The normalized spacial score (nSPS) is 37.7. The lowest BCUT2D eigenvalue weighted by Crippen LogP contribution is -2.43. The molecule has 86 valence electrons. The van der Waals surface area contributed by atoms with Crippen LogP contribution in [0.2, 0.25) is 0 Å². The van der Waals surface area contributed by atoms with Gasteiger partial charge in [-0.15, -0.1) is 0 Å². The Morgan fingerprint density at radius 1 is 1.53 bits per heavy atom. The quantitative estimate of drug-likeness (QED) is 0.695. The molecule has 15 heavy (non-hydrogen) atoms. The van der Waals surface area contributed by atoms with Crippen LogP contribution in [0.4, 0.5) is 0 Å². The van der Waals surface area contributed by atoms with Crippen LogP contribution in [0.1, 0.15) is 46.5 Å². The maximum Gasteiger partial charge on any atom is 0.303 e. The molecule has 0 aromatic carbocycles. The van der Waals surface area contributed by atoms with E-state index in [1.54, 1.807) is 0 Å². The van der Waals surface area contributed by atoms with Gasteiger partial charge in [0.2, 0.25) is 0 Å². The van der Waals surface area contributed by atoms with Gasteiger partial charge in [0.15, 0.2) is 0 Å². The van der Waals surface area contributed by atoms with Crippen molar-refractivity contribution in [2.45, 2.75) is 62.6 Å². The van der Waals surface area contributed by atoms with E-state index in [1.165, 1.54) is 26.2 Å². The van der Waals surface area contributed by atoms with Crippen molar-refractivity contribution in [3.05, 3.63) is 0 Å². The summed E-state index contributed by atoms with van der Waals surface area (Å²) in [6.07, 6.45) is 4.86. The first kappa shape index (κ1) is 11.3. The molecule has 0 aromatic rings. The standard InChI is InChI=1S/C12H20O2S/c1-4-12(3,14-8(2)13)10-7-9-5-6-11(10)15-9/h9-11H,4-7H2,1-3H3. The predicted octanol–water partition coefficient (Wildman–Crippen LogP) is 3.00. The number of esters is 1. The molecule has 4 atom stereocenters. The molecule has 0 N–H and O–H groups in total. The van der Waals surface area contributed by atoms with Crippen molar-refractivity contribution in [3.8, 4) is 0 Å². The number of carbonyl (C=O) groups excluding carboxylic acids is 1. The van der Waals surface area contributed by atoms with Gasteiger partial charge in [-0.2, -0.15) is 11.8 Å². The molecule has 0 aliphatic carbocycles. The molecule has 3 heteroatoms. The number of hydrogen-bond acceptors (Lipinski definition) is 3. The Morgan fingerprint density at radius 2 is 2.27 bits per heavy atom. The zero-order valence-corrected chi connectivity index (χ0v) is 10.6. The van der Waals surface area contributed by atoms with E-state index in [0.29, 0.717) is 5.92 Å². The van der Waals surface area contributed by atoms with E-state index < -0.39 is 0 Å². The third-order valence-corrected chi connectivity index (χ3v) is 5.70. The summed E-state index contributed by atoms with van der Waals surface area (Å²) in [6.45, 7) is 5.76. The number of fused-ring (bicyclic) bond motifs is 2. The molecular formula is C12H20O2S. The van der Waals surface area contributed by atoms with Crippen LogP contribution in [0.5, 0.6) is 0 Å². The minimum Gasteiger partial charge on any atom is -0.459 e. The molecule has 0 saturated carbocycles. The second-order valence-electron chi connectivity index (χ2n) is 4.98. The summed E-state index contributed by atoms with van der Waals surface area (Å²) in [5.41, 5.74) is -0.224. The lowest BCUT2D eigenvalue weighted by atomic mass is 9.76. The minimum atomic E-state index is -0.224. The smallest absolute Gasteiger partial charge is 0.303 e. The Kier molecular flexibility index (Phi) is 3.02. The Balaban J connectivity index is 2.09. The van der Waals surface area contributed by atoms with E-state index >= 15 is 0 Å². The number of rotatable bonds is 3. The first-order valence-electron chi connectivity index (χ1n) is 5.90. The molecule has 2 rings (SSSR count). The van der Waals surface area contributed by atoms with Gasteiger partial charge in [0.25, 0.3) is 0 Å². The highest BCUT2D eigenvalue weighted by atomic mass is 32.2. The fraction of sp³-hybridized carbons (Fsp3) is 0.917. The number of hydrogen-bond donors (Lipinski definition) is 0. The molecular weight excluding hydrogens is 208 g/mol. The van der Waals surface area contributed by atoms with Gasteiger partial charge in [-0.05, 0) is 32.6 Å². The van der Waals surface area contributed by atoms with Crippen LogP contribution in [0.25, 0.3) is 0 Å². The van der Waals surface area contributed by atoms with E-state index in [-0.39, 0.29) is 11.6 Å². The maximum atomic E-state index is 11.2. The minimum absolute atomic E-state index is 0.132. The topological polar surface area (TPSA) is 26.3 Å². The second kappa shape index (κ2) is 4.00. The monoisotopic (exact) mass is 228 g/mol. The Labute approximate surface area is 96.1 Å². The van der Waals surface area contributed by atoms with Gasteiger partial charge in [-0.1, -0.05) is 6.92 Å². The van der Waals surface area contributed by atoms with Crippen molar-refractivity contribution < 1.29 is 9.53 Å². The van der Waals surface area contributed by atoms with E-state index in [1.807, 2.05) is 0 Å². The summed E-state index contributed by atoms with van der Waals surface area (Å²) in [6, 6.07) is 0. The van der Waals surface area contributed by atoms with Crippen LogP contribution in [0, 0.1) is 5.92 Å². The molecule has 2 heterocycles. The molecule has 2 nitrogen and oxygen atoms in total. The highest BCUT2D eigenvalue weighted by molar-refractivity contribution is 8.01. The zero-order chi connectivity index (χ0) is 11.1. The van der Waals surface area contributed by atoms with Crippen LogP contribution in [-0.2, 0) is 9.53 Å². The molecule has 2 fully saturated rings. The first-order valence-corrected chi connectivity index (χ1v) is 6.84. The lowest BCUT2D eigenvalue weighted by molar-refractivity contribution is -0.162. The van der Waals surface area contributed by atoms with Gasteiger partial charge in [0, 0.05) is 23.3 Å². The zero-order valence-electron chi connectivity index (χ0n) is 9.79. The van der Waals surface area contributed by atoms with E-state index in [4.69, 9.17) is 4.74 Å². The molecule has 0 spiro atoms. The maximum absolute atomic E-state index is 11.2. The molecule has 0 radical (unpaired) electrons. The number of carbonyl (C=O) groups is 1. The number of ether oxygens (including phenoxy) is 1. The van der Waals surface area contributed by atoms with Crippen molar-refractivity contribution in [3.63, 3.8) is 0 Å². The highest BCUT2D eigenvalue weighted by Gasteiger charge is 2.50. The summed E-state index contributed by atoms with van der Waals surface area (Å²) in [5.74, 6) is 0.447. The lowest BCUT2D eigenvalue weighted by Gasteiger charge is -2.38. The summed E-state index contributed by atoms with van der Waals surface area (Å²) >= 11 is 2.12. The highest BCUT2D eigenvalue weighted by Crippen LogP contribution is 2.54. The van der Waals surface area contributed by atoms with Gasteiger partial charge in [-0.25, -0.2) is 0 Å². The largest absolute Gasteiger partial charge is 0.459 e.